The van der Waals surface area contributed by atoms with Crippen molar-refractivity contribution in [2.24, 2.45) is 11.7 Å². The van der Waals surface area contributed by atoms with Crippen molar-refractivity contribution in [3.05, 3.63) is 0 Å². The van der Waals surface area contributed by atoms with Gasteiger partial charge >= 0.3 is 11.9 Å². The van der Waals surface area contributed by atoms with Crippen LogP contribution in [0, 0.1) is 5.92 Å². The number of aliphatic carboxylic acids is 2. The normalized spacial score (nSPS) is 18.4. The molecule has 7 nitrogen and oxygen atoms in total. The minimum atomic E-state index is -3.62. The van der Waals surface area contributed by atoms with E-state index < -0.39 is 31.3 Å². The molecule has 0 radical (unpaired) electrons. The lowest BCUT2D eigenvalue weighted by Gasteiger charge is -2.15. The highest BCUT2D eigenvalue weighted by Crippen LogP contribution is 2.43. The third kappa shape index (κ3) is 5.85. The molecule has 0 saturated heterocycles. The molecule has 0 fully saturated rings. The topological polar surface area (TPSA) is 138 Å². The van der Waals surface area contributed by atoms with Crippen LogP contribution in [0.1, 0.15) is 13.3 Å². The lowest BCUT2D eigenvalue weighted by molar-refractivity contribution is -0.140. The molecule has 0 aromatic heterocycles. The summed E-state index contributed by atoms with van der Waals surface area (Å²) in [7, 11) is -3.62. The Kier molecular flexibility index (Phi) is 5.64. The molecule has 0 bridgehead atoms. The number of nitrogens with two attached hydrogens (primary N) is 1. The second kappa shape index (κ2) is 5.98. The standard InChI is InChI=1S/C8H16NO6P/c1-5(7(10)11)4-16(14,15)3-2-6(9)8(12)13/h5-6H,2-4,9H2,1H3,(H,10,11)(H,12,13)(H,14,15)/t5-,6-/m0/s1. The highest BCUT2D eigenvalue weighted by atomic mass is 31.2. The van der Waals surface area contributed by atoms with E-state index in [1.54, 1.807) is 0 Å². The first kappa shape index (κ1) is 15.1. The maximum absolute atomic E-state index is 11.5. The summed E-state index contributed by atoms with van der Waals surface area (Å²) in [5, 5.41) is 17.0. The number of carboxylic acids is 2. The zero-order valence-corrected chi connectivity index (χ0v) is 9.76. The SMILES string of the molecule is C[C@@H](CP(=O)(O)CC[C@H](N)C(=O)O)C(=O)O. The zero-order valence-electron chi connectivity index (χ0n) is 8.87. The van der Waals surface area contributed by atoms with Gasteiger partial charge in [0.25, 0.3) is 0 Å². The molecule has 3 atom stereocenters. The van der Waals surface area contributed by atoms with Gasteiger partial charge in [0.15, 0.2) is 0 Å². The first-order valence-electron chi connectivity index (χ1n) is 4.68. The van der Waals surface area contributed by atoms with Gasteiger partial charge in [-0.3, -0.25) is 14.2 Å². The molecule has 0 aliphatic rings. The predicted octanol–water partition coefficient (Wildman–Crippen LogP) is -0.220. The van der Waals surface area contributed by atoms with Gasteiger partial charge in [-0.15, -0.1) is 0 Å². The lowest BCUT2D eigenvalue weighted by Crippen LogP contribution is -2.31. The van der Waals surface area contributed by atoms with Gasteiger partial charge in [0, 0.05) is 12.3 Å². The average Bonchev–Trinajstić information content (AvgIpc) is 2.13. The monoisotopic (exact) mass is 253 g/mol. The van der Waals surface area contributed by atoms with Crippen LogP contribution in [0.3, 0.4) is 0 Å². The van der Waals surface area contributed by atoms with Gasteiger partial charge < -0.3 is 20.8 Å². The van der Waals surface area contributed by atoms with E-state index in [0.717, 1.165) is 0 Å². The fraction of sp³-hybridized carbons (Fsp3) is 0.750. The van der Waals surface area contributed by atoms with Gasteiger partial charge in [-0.05, 0) is 6.42 Å². The zero-order chi connectivity index (χ0) is 12.9. The smallest absolute Gasteiger partial charge is 0.320 e. The molecule has 0 aliphatic carbocycles. The van der Waals surface area contributed by atoms with Crippen LogP contribution in [0.2, 0.25) is 0 Å². The molecule has 0 aliphatic heterocycles. The van der Waals surface area contributed by atoms with Crippen LogP contribution >= 0.6 is 7.37 Å². The van der Waals surface area contributed by atoms with Crippen molar-refractivity contribution in [3.63, 3.8) is 0 Å². The van der Waals surface area contributed by atoms with Gasteiger partial charge in [-0.1, -0.05) is 6.92 Å². The summed E-state index contributed by atoms with van der Waals surface area (Å²) in [4.78, 5) is 30.2. The number of carbonyl (C=O) groups is 2. The molecule has 5 N–H and O–H groups in total. The van der Waals surface area contributed by atoms with Crippen molar-refractivity contribution in [1.29, 1.82) is 0 Å². The van der Waals surface area contributed by atoms with E-state index in [9.17, 15) is 19.0 Å². The lowest BCUT2D eigenvalue weighted by atomic mass is 10.2. The highest BCUT2D eigenvalue weighted by Gasteiger charge is 2.27. The van der Waals surface area contributed by atoms with Gasteiger partial charge in [0.1, 0.15) is 6.04 Å². The van der Waals surface area contributed by atoms with Crippen molar-refractivity contribution in [2.75, 3.05) is 12.3 Å². The van der Waals surface area contributed by atoms with E-state index in [2.05, 4.69) is 0 Å². The molecule has 0 aromatic carbocycles. The summed E-state index contributed by atoms with van der Waals surface area (Å²) in [5.74, 6) is -3.33. The minimum absolute atomic E-state index is 0.143. The Labute approximate surface area is 92.7 Å². The summed E-state index contributed by atoms with van der Waals surface area (Å²) >= 11 is 0. The number of hydrogen-bond donors (Lipinski definition) is 4. The van der Waals surface area contributed by atoms with Crippen LogP contribution in [-0.2, 0) is 14.2 Å². The molecular weight excluding hydrogens is 237 g/mol. The van der Waals surface area contributed by atoms with E-state index in [0.29, 0.717) is 0 Å². The van der Waals surface area contributed by atoms with Crippen LogP contribution in [0.15, 0.2) is 0 Å². The minimum Gasteiger partial charge on any atom is -0.481 e. The summed E-state index contributed by atoms with van der Waals surface area (Å²) in [6.45, 7) is 1.32. The van der Waals surface area contributed by atoms with Gasteiger partial charge in [-0.2, -0.15) is 0 Å². The molecule has 0 rings (SSSR count). The average molecular weight is 253 g/mol. The van der Waals surface area contributed by atoms with Crippen molar-refractivity contribution < 1.29 is 29.3 Å². The number of hydrogen-bond acceptors (Lipinski definition) is 4. The first-order chi connectivity index (χ1) is 7.15. The van der Waals surface area contributed by atoms with E-state index in [-0.39, 0.29) is 18.7 Å². The number of carboxylic acid groups (broad SMARTS) is 2. The van der Waals surface area contributed by atoms with E-state index >= 15 is 0 Å². The molecule has 0 aromatic rings. The van der Waals surface area contributed by atoms with Crippen LogP contribution in [0.25, 0.3) is 0 Å². The van der Waals surface area contributed by atoms with Gasteiger partial charge in [-0.25, -0.2) is 0 Å². The van der Waals surface area contributed by atoms with Crippen molar-refractivity contribution in [1.82, 2.24) is 0 Å². The molecule has 94 valence electrons. The quantitative estimate of drug-likeness (QED) is 0.460. The Morgan fingerprint density at radius 1 is 1.31 bits per heavy atom. The van der Waals surface area contributed by atoms with E-state index in [4.69, 9.17) is 15.9 Å². The van der Waals surface area contributed by atoms with Crippen LogP contribution < -0.4 is 5.73 Å². The Morgan fingerprint density at radius 3 is 2.19 bits per heavy atom. The van der Waals surface area contributed by atoms with Gasteiger partial charge in [0.2, 0.25) is 7.37 Å². The fourth-order valence-corrected chi connectivity index (χ4v) is 2.94. The second-order valence-corrected chi connectivity index (χ2v) is 6.23. The third-order valence-corrected chi connectivity index (χ3v) is 4.16. The maximum Gasteiger partial charge on any atom is 0.320 e. The molecule has 16 heavy (non-hydrogen) atoms. The second-order valence-electron chi connectivity index (χ2n) is 3.73. The molecule has 0 heterocycles. The van der Waals surface area contributed by atoms with Crippen LogP contribution in [0.4, 0.5) is 0 Å². The predicted molar refractivity (Wildman–Crippen MR) is 56.6 cm³/mol. The largest absolute Gasteiger partial charge is 0.481 e. The maximum atomic E-state index is 11.5. The molecule has 0 spiro atoms. The van der Waals surface area contributed by atoms with Crippen LogP contribution in [-0.4, -0.2) is 45.4 Å². The fourth-order valence-electron chi connectivity index (χ4n) is 1.06. The summed E-state index contributed by atoms with van der Waals surface area (Å²) < 4.78 is 11.5. The molecule has 0 saturated carbocycles. The Morgan fingerprint density at radius 2 is 1.81 bits per heavy atom. The highest BCUT2D eigenvalue weighted by molar-refractivity contribution is 7.58. The molecule has 0 amide bonds. The first-order valence-corrected chi connectivity index (χ1v) is 6.71. The summed E-state index contributed by atoms with van der Waals surface area (Å²) in [5.41, 5.74) is 5.17. The Balaban J connectivity index is 4.20. The molecular formula is C8H16NO6P. The summed E-state index contributed by atoms with van der Waals surface area (Å²) in [6, 6.07) is -1.19. The van der Waals surface area contributed by atoms with E-state index in [1.165, 1.54) is 6.92 Å². The Bertz CT molecular complexity index is 318. The number of rotatable bonds is 7. The Hall–Kier alpha value is -0.910. The third-order valence-electron chi connectivity index (χ3n) is 2.09. The van der Waals surface area contributed by atoms with Gasteiger partial charge in [0.05, 0.1) is 5.92 Å². The molecule has 8 heteroatoms. The van der Waals surface area contributed by atoms with Crippen LogP contribution in [0.5, 0.6) is 0 Å². The van der Waals surface area contributed by atoms with Crippen molar-refractivity contribution in [2.45, 2.75) is 19.4 Å². The van der Waals surface area contributed by atoms with E-state index in [1.807, 2.05) is 0 Å². The summed E-state index contributed by atoms with van der Waals surface area (Å²) in [6.07, 6.45) is -0.789. The molecule has 1 unspecified atom stereocenters. The van der Waals surface area contributed by atoms with Crippen molar-refractivity contribution in [3.8, 4) is 0 Å². The van der Waals surface area contributed by atoms with Crippen molar-refractivity contribution >= 4 is 19.3 Å².